The van der Waals surface area contributed by atoms with E-state index in [0.29, 0.717) is 30.1 Å². The highest BCUT2D eigenvalue weighted by molar-refractivity contribution is 5.99. The molecule has 4 aliphatic rings. The number of hydrogen-bond acceptors (Lipinski definition) is 5. The third-order valence-corrected chi connectivity index (χ3v) is 9.24. The third-order valence-electron chi connectivity index (χ3n) is 9.24. The lowest BCUT2D eigenvalue weighted by atomic mass is 9.67. The number of phenolic OH excluding ortho intramolecular Hbond substituents is 2. The molecular formula is C32H35FN2O3. The first kappa shape index (κ1) is 25.1. The topological polar surface area (TPSA) is 64.0 Å². The van der Waals surface area contributed by atoms with Crippen molar-refractivity contribution >= 4 is 5.78 Å². The van der Waals surface area contributed by atoms with Gasteiger partial charge in [-0.2, -0.15) is 0 Å². The minimum atomic E-state index is -0.475. The van der Waals surface area contributed by atoms with Crippen molar-refractivity contribution < 1.29 is 19.4 Å². The first-order chi connectivity index (χ1) is 18.4. The number of carbonyl (C=O) groups excluding carboxylic acids is 1. The predicted molar refractivity (Wildman–Crippen MR) is 145 cm³/mol. The number of ketones is 1. The smallest absolute Gasteiger partial charge is 0.167 e. The SMILES string of the molecule is Cc1c(F)cccc1[C@H]1[C@@H](C(=O)c2cccc(O)c2)CN([C@@H]2CC3CCN2CC3)C[C@@H]1c1ccccc1O. The van der Waals surface area contributed by atoms with Gasteiger partial charge in [0.1, 0.15) is 17.3 Å². The molecule has 4 atom stereocenters. The molecule has 0 unspecified atom stereocenters. The van der Waals surface area contributed by atoms with Gasteiger partial charge in [-0.1, -0.05) is 42.5 Å². The van der Waals surface area contributed by atoms with Gasteiger partial charge < -0.3 is 10.2 Å². The summed E-state index contributed by atoms with van der Waals surface area (Å²) in [5.74, 6) is -0.410. The number of fused-ring (bicyclic) bond motifs is 3. The summed E-state index contributed by atoms with van der Waals surface area (Å²) in [6.45, 7) is 5.15. The molecule has 0 aromatic heterocycles. The summed E-state index contributed by atoms with van der Waals surface area (Å²) in [5, 5.41) is 21.2. The van der Waals surface area contributed by atoms with Gasteiger partial charge in [0.25, 0.3) is 0 Å². The molecule has 7 rings (SSSR count). The molecular weight excluding hydrogens is 479 g/mol. The Bertz CT molecular complexity index is 1340. The van der Waals surface area contributed by atoms with Crippen molar-refractivity contribution in [1.29, 1.82) is 0 Å². The zero-order chi connectivity index (χ0) is 26.4. The van der Waals surface area contributed by atoms with E-state index in [1.165, 1.54) is 25.0 Å². The summed E-state index contributed by atoms with van der Waals surface area (Å²) in [6, 6.07) is 19.0. The largest absolute Gasteiger partial charge is 0.508 e. The summed E-state index contributed by atoms with van der Waals surface area (Å²) in [4.78, 5) is 19.3. The van der Waals surface area contributed by atoms with E-state index >= 15 is 0 Å². The Morgan fingerprint density at radius 3 is 2.34 bits per heavy atom. The van der Waals surface area contributed by atoms with Gasteiger partial charge in [0.05, 0.1) is 6.17 Å². The van der Waals surface area contributed by atoms with Gasteiger partial charge in [0.15, 0.2) is 5.78 Å². The number of hydrogen-bond donors (Lipinski definition) is 2. The lowest BCUT2D eigenvalue weighted by molar-refractivity contribution is -0.0630. The van der Waals surface area contributed by atoms with E-state index in [0.717, 1.165) is 30.6 Å². The normalized spacial score (nSPS) is 29.3. The second-order valence-electron chi connectivity index (χ2n) is 11.3. The molecule has 3 aromatic carbocycles. The Kier molecular flexibility index (Phi) is 6.70. The first-order valence-corrected chi connectivity index (χ1v) is 13.7. The van der Waals surface area contributed by atoms with Gasteiger partial charge in [-0.15, -0.1) is 0 Å². The Balaban J connectivity index is 1.49. The molecule has 3 aromatic rings. The average Bonchev–Trinajstić information content (AvgIpc) is 2.94. The first-order valence-electron chi connectivity index (χ1n) is 13.7. The zero-order valence-corrected chi connectivity index (χ0v) is 21.8. The molecule has 2 N–H and O–H groups in total. The number of Topliss-reactive ketones (excluding diaryl/α,β-unsaturated/α-hetero) is 1. The van der Waals surface area contributed by atoms with Crippen LogP contribution >= 0.6 is 0 Å². The molecule has 0 radical (unpaired) electrons. The number of rotatable bonds is 5. The van der Waals surface area contributed by atoms with Crippen LogP contribution in [0.4, 0.5) is 4.39 Å². The maximum Gasteiger partial charge on any atom is 0.167 e. The molecule has 0 saturated carbocycles. The van der Waals surface area contributed by atoms with E-state index < -0.39 is 5.92 Å². The highest BCUT2D eigenvalue weighted by Crippen LogP contribution is 2.49. The van der Waals surface area contributed by atoms with E-state index in [9.17, 15) is 19.4 Å². The van der Waals surface area contributed by atoms with Crippen LogP contribution in [0.15, 0.2) is 66.7 Å². The fourth-order valence-electron chi connectivity index (χ4n) is 7.28. The number of nitrogens with zero attached hydrogens (tertiary/aromatic N) is 2. The van der Waals surface area contributed by atoms with E-state index in [1.54, 1.807) is 37.3 Å². The second kappa shape index (κ2) is 10.2. The molecule has 6 heteroatoms. The van der Waals surface area contributed by atoms with Gasteiger partial charge in [-0.3, -0.25) is 14.6 Å². The molecule has 4 saturated heterocycles. The lowest BCUT2D eigenvalue weighted by Gasteiger charge is -2.54. The summed E-state index contributed by atoms with van der Waals surface area (Å²) in [7, 11) is 0. The van der Waals surface area contributed by atoms with Crippen molar-refractivity contribution in [2.24, 2.45) is 11.8 Å². The minimum Gasteiger partial charge on any atom is -0.508 e. The van der Waals surface area contributed by atoms with Gasteiger partial charge in [-0.25, -0.2) is 4.39 Å². The maximum absolute atomic E-state index is 14.9. The van der Waals surface area contributed by atoms with Crippen molar-refractivity contribution in [2.45, 2.75) is 44.2 Å². The predicted octanol–water partition coefficient (Wildman–Crippen LogP) is 5.67. The van der Waals surface area contributed by atoms with Crippen LogP contribution < -0.4 is 0 Å². The van der Waals surface area contributed by atoms with Crippen LogP contribution in [0.1, 0.15) is 58.1 Å². The minimum absolute atomic E-state index is 0.0509. The van der Waals surface area contributed by atoms with Crippen LogP contribution in [0.5, 0.6) is 11.5 Å². The summed E-state index contributed by atoms with van der Waals surface area (Å²) >= 11 is 0. The number of aromatic hydroxyl groups is 2. The van der Waals surface area contributed by atoms with Crippen LogP contribution in [-0.2, 0) is 0 Å². The monoisotopic (exact) mass is 514 g/mol. The lowest BCUT2D eigenvalue weighted by Crippen LogP contribution is -2.61. The van der Waals surface area contributed by atoms with Gasteiger partial charge in [0.2, 0.25) is 0 Å². The second-order valence-corrected chi connectivity index (χ2v) is 11.3. The molecule has 0 spiro atoms. The van der Waals surface area contributed by atoms with Crippen LogP contribution in [0.25, 0.3) is 0 Å². The molecule has 5 nitrogen and oxygen atoms in total. The molecule has 4 aliphatic heterocycles. The van der Waals surface area contributed by atoms with E-state index in [-0.39, 0.29) is 41.1 Å². The van der Waals surface area contributed by atoms with Crippen molar-refractivity contribution in [1.82, 2.24) is 9.80 Å². The Morgan fingerprint density at radius 1 is 0.895 bits per heavy atom. The van der Waals surface area contributed by atoms with Gasteiger partial charge in [-0.05, 0) is 86.1 Å². The third kappa shape index (κ3) is 4.50. The van der Waals surface area contributed by atoms with E-state index in [2.05, 4.69) is 9.80 Å². The van der Waals surface area contributed by atoms with Crippen molar-refractivity contribution in [2.75, 3.05) is 26.2 Å². The van der Waals surface area contributed by atoms with E-state index in [1.807, 2.05) is 24.3 Å². The molecule has 0 amide bonds. The Morgan fingerprint density at radius 2 is 1.63 bits per heavy atom. The van der Waals surface area contributed by atoms with Crippen molar-refractivity contribution in [3.05, 3.63) is 94.8 Å². The number of benzene rings is 3. The van der Waals surface area contributed by atoms with Crippen LogP contribution in [0, 0.1) is 24.6 Å². The number of para-hydroxylation sites is 1. The molecule has 4 fully saturated rings. The summed E-state index contributed by atoms with van der Waals surface area (Å²) in [5.41, 5.74) is 2.59. The fraction of sp³-hybridized carbons (Fsp3) is 0.406. The highest BCUT2D eigenvalue weighted by atomic mass is 19.1. The van der Waals surface area contributed by atoms with E-state index in [4.69, 9.17) is 0 Å². The van der Waals surface area contributed by atoms with Gasteiger partial charge in [0, 0.05) is 36.4 Å². The quantitative estimate of drug-likeness (QED) is 0.430. The van der Waals surface area contributed by atoms with Crippen LogP contribution in [0.2, 0.25) is 0 Å². The molecule has 0 aliphatic carbocycles. The Labute approximate surface area is 223 Å². The van der Waals surface area contributed by atoms with Crippen molar-refractivity contribution in [3.63, 3.8) is 0 Å². The number of phenols is 2. The molecule has 38 heavy (non-hydrogen) atoms. The number of halogens is 1. The highest BCUT2D eigenvalue weighted by Gasteiger charge is 2.47. The van der Waals surface area contributed by atoms with Crippen LogP contribution in [0.3, 0.4) is 0 Å². The summed E-state index contributed by atoms with van der Waals surface area (Å²) < 4.78 is 14.9. The number of piperidine rings is 4. The molecule has 2 bridgehead atoms. The van der Waals surface area contributed by atoms with Crippen molar-refractivity contribution in [3.8, 4) is 11.5 Å². The molecule has 198 valence electrons. The average molecular weight is 515 g/mol. The van der Waals surface area contributed by atoms with Gasteiger partial charge >= 0.3 is 0 Å². The maximum atomic E-state index is 14.9. The number of likely N-dealkylation sites (tertiary alicyclic amines) is 1. The van der Waals surface area contributed by atoms with Crippen LogP contribution in [-0.4, -0.2) is 58.1 Å². The molecule has 4 heterocycles. The standard InChI is InChI=1S/C32H35FN2O3/c1-20-24(9-5-10-28(20)33)31-26(25-8-2-3-11-29(25)37)18-35(30-16-21-12-14-34(30)15-13-21)19-27(31)32(38)22-6-4-7-23(36)17-22/h2-11,17,21,26-27,30-31,36-37H,12-16,18-19H2,1H3/t26-,27+,30-,31-/m1/s1. The summed E-state index contributed by atoms with van der Waals surface area (Å²) in [6.07, 6.45) is 3.79. The zero-order valence-electron chi connectivity index (χ0n) is 21.8. The number of carbonyl (C=O) groups is 1. The Hall–Kier alpha value is -3.22. The fourth-order valence-corrected chi connectivity index (χ4v) is 7.28.